The Kier molecular flexibility index (Phi) is 3.75. The molecule has 1 aliphatic carbocycles. The van der Waals surface area contributed by atoms with Crippen LogP contribution in [-0.4, -0.2) is 34.2 Å². The summed E-state index contributed by atoms with van der Waals surface area (Å²) < 4.78 is 3.66. The molecule has 0 bridgehead atoms. The maximum atomic E-state index is 4.97. The largest absolute Gasteiger partial charge is 0.228 e. The molecule has 0 radical (unpaired) electrons. The summed E-state index contributed by atoms with van der Waals surface area (Å²) in [4.78, 5) is 17.1. The van der Waals surface area contributed by atoms with Crippen molar-refractivity contribution in [1.29, 1.82) is 0 Å². The van der Waals surface area contributed by atoms with Crippen molar-refractivity contribution in [2.75, 3.05) is 0 Å². The fraction of sp³-hybridized carbons (Fsp3) is 0.208. The number of rotatable bonds is 2. The summed E-state index contributed by atoms with van der Waals surface area (Å²) in [6.45, 7) is 2.04. The molecular weight excluding hydrogens is 418 g/mol. The first-order valence-corrected chi connectivity index (χ1v) is 11.6. The quantitative estimate of drug-likeness (QED) is 0.385. The van der Waals surface area contributed by atoms with Crippen LogP contribution in [0, 0.1) is 6.92 Å². The molecule has 8 heteroatoms. The molecule has 0 N–H and O–H groups in total. The van der Waals surface area contributed by atoms with E-state index in [2.05, 4.69) is 28.3 Å². The number of nitrogens with zero attached hydrogens (tertiary/aromatic N) is 7. The molecule has 32 heavy (non-hydrogen) atoms. The summed E-state index contributed by atoms with van der Waals surface area (Å²) in [7, 11) is 0. The predicted octanol–water partition coefficient (Wildman–Crippen LogP) is 4.90. The molecule has 0 aliphatic heterocycles. The first-order chi connectivity index (χ1) is 15.8. The average molecular weight is 438 g/mol. The van der Waals surface area contributed by atoms with Crippen LogP contribution in [-0.2, 0) is 12.8 Å². The zero-order valence-electron chi connectivity index (χ0n) is 17.5. The minimum Gasteiger partial charge on any atom is -0.228 e. The maximum absolute atomic E-state index is 4.97. The zero-order valence-corrected chi connectivity index (χ0v) is 18.3. The summed E-state index contributed by atoms with van der Waals surface area (Å²) in [6.07, 6.45) is 8.30. The molecular formula is C24H19N7S. The van der Waals surface area contributed by atoms with Gasteiger partial charge in [-0.15, -0.1) is 16.4 Å². The first-order valence-electron chi connectivity index (χ1n) is 10.8. The second-order valence-electron chi connectivity index (χ2n) is 8.28. The lowest BCUT2D eigenvalue weighted by molar-refractivity contribution is 0.700. The fourth-order valence-corrected chi connectivity index (χ4v) is 5.92. The van der Waals surface area contributed by atoms with Gasteiger partial charge in [-0.25, -0.2) is 24.0 Å². The van der Waals surface area contributed by atoms with Crippen LogP contribution in [0.4, 0.5) is 0 Å². The Balaban J connectivity index is 1.45. The summed E-state index contributed by atoms with van der Waals surface area (Å²) in [6, 6.07) is 12.3. The van der Waals surface area contributed by atoms with E-state index in [9.17, 15) is 0 Å². The van der Waals surface area contributed by atoms with Crippen molar-refractivity contribution in [1.82, 2.24) is 34.2 Å². The van der Waals surface area contributed by atoms with Gasteiger partial charge in [-0.3, -0.25) is 0 Å². The van der Waals surface area contributed by atoms with E-state index >= 15 is 0 Å². The number of thiophene rings is 1. The van der Waals surface area contributed by atoms with E-state index in [0.29, 0.717) is 5.82 Å². The van der Waals surface area contributed by atoms with E-state index in [1.54, 1.807) is 22.2 Å². The smallest absolute Gasteiger partial charge is 0.187 e. The van der Waals surface area contributed by atoms with Crippen molar-refractivity contribution < 1.29 is 0 Å². The number of fused-ring (bicyclic) bond motifs is 6. The third-order valence-electron chi connectivity index (χ3n) is 6.25. The molecule has 156 valence electrons. The van der Waals surface area contributed by atoms with E-state index in [-0.39, 0.29) is 0 Å². The zero-order chi connectivity index (χ0) is 21.2. The Labute approximate surface area is 187 Å². The number of hydrogen-bond donors (Lipinski definition) is 0. The van der Waals surface area contributed by atoms with Crippen LogP contribution in [0.1, 0.15) is 29.0 Å². The minimum absolute atomic E-state index is 0.627. The number of aromatic nitrogens is 7. The Morgan fingerprint density at radius 2 is 1.88 bits per heavy atom. The molecule has 0 spiro atoms. The van der Waals surface area contributed by atoms with E-state index in [1.165, 1.54) is 23.3 Å². The normalized spacial score (nSPS) is 13.9. The summed E-state index contributed by atoms with van der Waals surface area (Å²) in [5, 5.41) is 10.5. The molecule has 0 amide bonds. The average Bonchev–Trinajstić information content (AvgIpc) is 3.53. The SMILES string of the molecule is Cc1cc(-c2ccccc2)nc2c(-c3nc4c5c6c(sc5ncn4n3)CCCC6)cnn12. The topological polar surface area (TPSA) is 73.3 Å². The van der Waals surface area contributed by atoms with Crippen molar-refractivity contribution in [2.24, 2.45) is 0 Å². The lowest BCUT2D eigenvalue weighted by Crippen LogP contribution is -1.99. The molecule has 1 aliphatic rings. The van der Waals surface area contributed by atoms with Gasteiger partial charge in [0.05, 0.1) is 22.8 Å². The van der Waals surface area contributed by atoms with Crippen LogP contribution in [0.15, 0.2) is 48.9 Å². The molecule has 0 atom stereocenters. The second kappa shape index (κ2) is 6.67. The lowest BCUT2D eigenvalue weighted by Gasteiger charge is -2.09. The Bertz CT molecular complexity index is 1640. The highest BCUT2D eigenvalue weighted by Gasteiger charge is 2.22. The monoisotopic (exact) mass is 437 g/mol. The molecule has 1 aromatic carbocycles. The molecule has 0 unspecified atom stereocenters. The van der Waals surface area contributed by atoms with Crippen LogP contribution in [0.25, 0.3) is 44.2 Å². The highest BCUT2D eigenvalue weighted by molar-refractivity contribution is 7.19. The third-order valence-corrected chi connectivity index (χ3v) is 7.45. The van der Waals surface area contributed by atoms with Gasteiger partial charge in [0.1, 0.15) is 11.2 Å². The standard InChI is InChI=1S/C24H19N7S/c1-14-11-18(15-7-3-2-4-8-15)27-22-17(12-26-31(14)22)21-28-23-20-16-9-5-6-10-19(16)32-24(20)25-13-30(23)29-21/h2-4,7-8,11-13H,5-6,9-10H2,1H3. The first kappa shape index (κ1) is 18.0. The molecule has 7 rings (SSSR count). The van der Waals surface area contributed by atoms with Gasteiger partial charge in [-0.05, 0) is 44.2 Å². The molecule has 0 saturated heterocycles. The summed E-state index contributed by atoms with van der Waals surface area (Å²) in [5.74, 6) is 0.627. The molecule has 0 fully saturated rings. The number of benzene rings is 1. The number of aryl methyl sites for hydroxylation is 3. The van der Waals surface area contributed by atoms with E-state index in [0.717, 1.165) is 56.9 Å². The Morgan fingerprint density at radius 3 is 2.78 bits per heavy atom. The third kappa shape index (κ3) is 2.56. The van der Waals surface area contributed by atoms with Crippen LogP contribution >= 0.6 is 11.3 Å². The van der Waals surface area contributed by atoms with Gasteiger partial charge in [0.25, 0.3) is 0 Å². The highest BCUT2D eigenvalue weighted by Crippen LogP contribution is 2.37. The van der Waals surface area contributed by atoms with Gasteiger partial charge in [-0.2, -0.15) is 5.10 Å². The van der Waals surface area contributed by atoms with Crippen molar-refractivity contribution >= 4 is 32.8 Å². The summed E-state index contributed by atoms with van der Waals surface area (Å²) in [5.41, 5.74) is 6.87. The molecule has 7 nitrogen and oxygen atoms in total. The maximum Gasteiger partial charge on any atom is 0.187 e. The van der Waals surface area contributed by atoms with Gasteiger partial charge < -0.3 is 0 Å². The van der Waals surface area contributed by atoms with Gasteiger partial charge >= 0.3 is 0 Å². The predicted molar refractivity (Wildman–Crippen MR) is 125 cm³/mol. The Hall–Kier alpha value is -3.65. The lowest BCUT2D eigenvalue weighted by atomic mass is 9.97. The van der Waals surface area contributed by atoms with Gasteiger partial charge in [0.2, 0.25) is 0 Å². The minimum atomic E-state index is 0.627. The van der Waals surface area contributed by atoms with Crippen molar-refractivity contribution in [3.8, 4) is 22.6 Å². The Morgan fingerprint density at radius 1 is 1.00 bits per heavy atom. The molecule has 5 heterocycles. The molecule has 6 aromatic rings. The summed E-state index contributed by atoms with van der Waals surface area (Å²) >= 11 is 1.80. The number of hydrogen-bond acceptors (Lipinski definition) is 6. The van der Waals surface area contributed by atoms with Crippen LogP contribution < -0.4 is 0 Å². The van der Waals surface area contributed by atoms with E-state index < -0.39 is 0 Å². The van der Waals surface area contributed by atoms with Crippen molar-refractivity contribution in [2.45, 2.75) is 32.6 Å². The highest BCUT2D eigenvalue weighted by atomic mass is 32.1. The van der Waals surface area contributed by atoms with Gasteiger partial charge in [-0.1, -0.05) is 30.3 Å². The second-order valence-corrected chi connectivity index (χ2v) is 9.37. The van der Waals surface area contributed by atoms with Crippen LogP contribution in [0.3, 0.4) is 0 Å². The van der Waals surface area contributed by atoms with Crippen LogP contribution in [0.2, 0.25) is 0 Å². The van der Waals surface area contributed by atoms with Crippen LogP contribution in [0.5, 0.6) is 0 Å². The fourth-order valence-electron chi connectivity index (χ4n) is 4.70. The van der Waals surface area contributed by atoms with Crippen molar-refractivity contribution in [3.63, 3.8) is 0 Å². The van der Waals surface area contributed by atoms with Gasteiger partial charge in [0, 0.05) is 16.1 Å². The van der Waals surface area contributed by atoms with E-state index in [4.69, 9.17) is 15.1 Å². The molecule has 5 aromatic heterocycles. The molecule has 0 saturated carbocycles. The van der Waals surface area contributed by atoms with E-state index in [1.807, 2.05) is 35.8 Å². The van der Waals surface area contributed by atoms with Gasteiger partial charge in [0.15, 0.2) is 17.1 Å². The van der Waals surface area contributed by atoms with Crippen molar-refractivity contribution in [3.05, 3.63) is 65.1 Å².